The predicted octanol–water partition coefficient (Wildman–Crippen LogP) is 2.64. The molecule has 150 valence electrons. The number of anilines is 1. The lowest BCUT2D eigenvalue weighted by Gasteiger charge is -2.18. The van der Waals surface area contributed by atoms with Crippen LogP contribution in [0.5, 0.6) is 0 Å². The second-order valence-corrected chi connectivity index (χ2v) is 7.24. The molecule has 1 saturated heterocycles. The Morgan fingerprint density at radius 3 is 2.79 bits per heavy atom. The number of pyridine rings is 1. The third kappa shape index (κ3) is 4.30. The van der Waals surface area contributed by atoms with Crippen molar-refractivity contribution in [3.05, 3.63) is 66.1 Å². The molecule has 1 aliphatic heterocycles. The molecule has 1 fully saturated rings. The highest BCUT2D eigenvalue weighted by molar-refractivity contribution is 5.94. The van der Waals surface area contributed by atoms with E-state index in [-0.39, 0.29) is 12.0 Å². The van der Waals surface area contributed by atoms with Gasteiger partial charge in [0.1, 0.15) is 0 Å². The van der Waals surface area contributed by atoms with Gasteiger partial charge in [-0.05, 0) is 42.3 Å². The van der Waals surface area contributed by atoms with E-state index >= 15 is 0 Å². The second-order valence-electron chi connectivity index (χ2n) is 7.24. The first-order chi connectivity index (χ1) is 14.1. The Kier molecular flexibility index (Phi) is 5.57. The van der Waals surface area contributed by atoms with Gasteiger partial charge in [0.25, 0.3) is 5.91 Å². The average molecular weight is 391 g/mol. The molecule has 0 saturated carbocycles. The molecule has 7 nitrogen and oxygen atoms in total. The van der Waals surface area contributed by atoms with Crippen LogP contribution < -0.4 is 10.2 Å². The summed E-state index contributed by atoms with van der Waals surface area (Å²) in [5.74, 6) is -0.103. The number of hydrogen-bond acceptors (Lipinski definition) is 5. The average Bonchev–Trinajstić information content (AvgIpc) is 3.41. The summed E-state index contributed by atoms with van der Waals surface area (Å²) in [7, 11) is 3.62. The molecule has 1 aromatic carbocycles. The number of amides is 1. The van der Waals surface area contributed by atoms with Crippen LogP contribution in [0.3, 0.4) is 0 Å². The fourth-order valence-corrected chi connectivity index (χ4v) is 3.64. The number of hydrogen-bond donors (Lipinski definition) is 1. The summed E-state index contributed by atoms with van der Waals surface area (Å²) in [5.41, 5.74) is 4.48. The number of carbonyl (C=O) groups is 1. The van der Waals surface area contributed by atoms with Crippen LogP contribution >= 0.6 is 0 Å². The van der Waals surface area contributed by atoms with Gasteiger partial charge in [0.2, 0.25) is 0 Å². The van der Waals surface area contributed by atoms with Gasteiger partial charge in [-0.3, -0.25) is 14.5 Å². The number of ether oxygens (including phenoxy) is 1. The normalized spacial score (nSPS) is 16.2. The van der Waals surface area contributed by atoms with Gasteiger partial charge in [-0.1, -0.05) is 6.07 Å². The van der Waals surface area contributed by atoms with Gasteiger partial charge in [0.15, 0.2) is 0 Å². The molecule has 0 unspecified atom stereocenters. The molecular weight excluding hydrogens is 366 g/mol. The molecule has 1 N–H and O–H groups in total. The molecule has 4 rings (SSSR count). The van der Waals surface area contributed by atoms with Crippen LogP contribution in [0.1, 0.15) is 22.3 Å². The maximum Gasteiger partial charge on any atom is 0.251 e. The molecule has 0 bridgehead atoms. The van der Waals surface area contributed by atoms with E-state index in [1.54, 1.807) is 24.2 Å². The number of aromatic nitrogens is 3. The van der Waals surface area contributed by atoms with Crippen molar-refractivity contribution in [1.82, 2.24) is 20.1 Å². The molecule has 7 heteroatoms. The lowest BCUT2D eigenvalue weighted by atomic mass is 10.1. The van der Waals surface area contributed by atoms with Crippen molar-refractivity contribution in [2.24, 2.45) is 7.05 Å². The Hall–Kier alpha value is -3.19. The highest BCUT2D eigenvalue weighted by Gasteiger charge is 2.22. The molecule has 2 aromatic heterocycles. The first-order valence-corrected chi connectivity index (χ1v) is 9.73. The molecule has 3 heterocycles. The van der Waals surface area contributed by atoms with Crippen molar-refractivity contribution in [1.29, 1.82) is 0 Å². The van der Waals surface area contributed by atoms with E-state index in [1.807, 2.05) is 49.6 Å². The molecule has 1 atom stereocenters. The summed E-state index contributed by atoms with van der Waals surface area (Å²) < 4.78 is 7.16. The summed E-state index contributed by atoms with van der Waals surface area (Å²) in [4.78, 5) is 19.4. The van der Waals surface area contributed by atoms with Crippen molar-refractivity contribution in [3.63, 3.8) is 0 Å². The fraction of sp³-hybridized carbons (Fsp3) is 0.318. The smallest absolute Gasteiger partial charge is 0.251 e. The molecule has 29 heavy (non-hydrogen) atoms. The van der Waals surface area contributed by atoms with E-state index in [4.69, 9.17) is 4.74 Å². The van der Waals surface area contributed by atoms with Gasteiger partial charge in [-0.15, -0.1) is 0 Å². The van der Waals surface area contributed by atoms with E-state index in [1.165, 1.54) is 0 Å². The molecule has 0 spiro atoms. The minimum atomic E-state index is -0.103. The lowest BCUT2D eigenvalue weighted by Crippen LogP contribution is -2.24. The number of nitrogens with one attached hydrogen (secondary N) is 1. The Morgan fingerprint density at radius 2 is 2.10 bits per heavy atom. The van der Waals surface area contributed by atoms with E-state index in [0.29, 0.717) is 12.1 Å². The number of benzene rings is 1. The monoisotopic (exact) mass is 391 g/mol. The highest BCUT2D eigenvalue weighted by Crippen LogP contribution is 2.23. The Labute approximate surface area is 170 Å². The quantitative estimate of drug-likeness (QED) is 0.699. The standard InChI is InChI=1S/C22H25N5O2/c1-26-14-18(13-25-26)21-17(4-3-10-23-21)12-24-22(28)16-5-7-19(8-6-16)27-11-9-20(15-27)29-2/h3-8,10,13-14,20H,9,11-12,15H2,1-2H3,(H,24,28)/t20-/m0/s1. The Bertz CT molecular complexity index is 983. The summed E-state index contributed by atoms with van der Waals surface area (Å²) in [6, 6.07) is 11.6. The first kappa shape index (κ1) is 19.1. The second kappa shape index (κ2) is 8.45. The van der Waals surface area contributed by atoms with Gasteiger partial charge in [0, 0.05) is 63.0 Å². The van der Waals surface area contributed by atoms with Gasteiger partial charge in [-0.25, -0.2) is 0 Å². The highest BCUT2D eigenvalue weighted by atomic mass is 16.5. The van der Waals surface area contributed by atoms with Crippen molar-refractivity contribution in [3.8, 4) is 11.3 Å². The Morgan fingerprint density at radius 1 is 1.28 bits per heavy atom. The van der Waals surface area contributed by atoms with Crippen LogP contribution in [-0.2, 0) is 18.3 Å². The molecule has 0 aliphatic carbocycles. The Balaban J connectivity index is 1.41. The summed E-state index contributed by atoms with van der Waals surface area (Å²) in [5, 5.41) is 7.20. The van der Waals surface area contributed by atoms with Crippen LogP contribution in [0.15, 0.2) is 55.0 Å². The number of methoxy groups -OCH3 is 1. The number of nitrogens with zero attached hydrogens (tertiary/aromatic N) is 4. The zero-order valence-corrected chi connectivity index (χ0v) is 16.7. The lowest BCUT2D eigenvalue weighted by molar-refractivity contribution is 0.0951. The van der Waals surface area contributed by atoms with Crippen LogP contribution in [0.2, 0.25) is 0 Å². The van der Waals surface area contributed by atoms with Crippen molar-refractivity contribution in [2.45, 2.75) is 19.1 Å². The van der Waals surface area contributed by atoms with Crippen LogP contribution in [0.25, 0.3) is 11.3 Å². The molecule has 0 radical (unpaired) electrons. The number of carbonyl (C=O) groups excluding carboxylic acids is 1. The minimum Gasteiger partial charge on any atom is -0.380 e. The SMILES string of the molecule is CO[C@H]1CCN(c2ccc(C(=O)NCc3cccnc3-c3cnn(C)c3)cc2)C1. The van der Waals surface area contributed by atoms with Crippen LogP contribution in [0, 0.1) is 0 Å². The fourth-order valence-electron chi connectivity index (χ4n) is 3.64. The molecule has 3 aromatic rings. The van der Waals surface area contributed by atoms with Crippen molar-refractivity contribution in [2.75, 3.05) is 25.1 Å². The molecule has 1 amide bonds. The van der Waals surface area contributed by atoms with Crippen LogP contribution in [-0.4, -0.2) is 47.0 Å². The third-order valence-electron chi connectivity index (χ3n) is 5.28. The molecular formula is C22H25N5O2. The zero-order chi connectivity index (χ0) is 20.2. The van der Waals surface area contributed by atoms with Crippen molar-refractivity contribution >= 4 is 11.6 Å². The predicted molar refractivity (Wildman–Crippen MR) is 112 cm³/mol. The summed E-state index contributed by atoms with van der Waals surface area (Å²) in [6.45, 7) is 2.27. The van der Waals surface area contributed by atoms with E-state index in [0.717, 1.165) is 42.0 Å². The summed E-state index contributed by atoms with van der Waals surface area (Å²) in [6.07, 6.45) is 6.76. The van der Waals surface area contributed by atoms with Gasteiger partial charge in [0.05, 0.1) is 18.0 Å². The third-order valence-corrected chi connectivity index (χ3v) is 5.28. The topological polar surface area (TPSA) is 72.3 Å². The zero-order valence-electron chi connectivity index (χ0n) is 16.7. The van der Waals surface area contributed by atoms with Gasteiger partial charge >= 0.3 is 0 Å². The van der Waals surface area contributed by atoms with Gasteiger partial charge < -0.3 is 15.0 Å². The molecule has 1 aliphatic rings. The summed E-state index contributed by atoms with van der Waals surface area (Å²) >= 11 is 0. The van der Waals surface area contributed by atoms with E-state index < -0.39 is 0 Å². The van der Waals surface area contributed by atoms with Gasteiger partial charge in [-0.2, -0.15) is 5.10 Å². The maximum absolute atomic E-state index is 12.6. The van der Waals surface area contributed by atoms with E-state index in [9.17, 15) is 4.79 Å². The first-order valence-electron chi connectivity index (χ1n) is 9.73. The number of aryl methyl sites for hydroxylation is 1. The van der Waals surface area contributed by atoms with Crippen LogP contribution in [0.4, 0.5) is 5.69 Å². The van der Waals surface area contributed by atoms with E-state index in [2.05, 4.69) is 20.3 Å². The maximum atomic E-state index is 12.6. The number of rotatable bonds is 6. The van der Waals surface area contributed by atoms with Crippen molar-refractivity contribution < 1.29 is 9.53 Å². The largest absolute Gasteiger partial charge is 0.380 e. The minimum absolute atomic E-state index is 0.103.